The third-order valence-electron chi connectivity index (χ3n) is 5.02. The number of imidazole rings is 1. The Morgan fingerprint density at radius 1 is 0.867 bits per heavy atom. The summed E-state index contributed by atoms with van der Waals surface area (Å²) < 4.78 is 28.6. The van der Waals surface area contributed by atoms with E-state index in [4.69, 9.17) is 11.6 Å². The fraction of sp³-hybridized carbons (Fsp3) is 0. The van der Waals surface area contributed by atoms with E-state index in [2.05, 4.69) is 4.98 Å². The Bertz CT molecular complexity index is 1450. The van der Waals surface area contributed by atoms with Gasteiger partial charge in [-0.05, 0) is 47.2 Å². The van der Waals surface area contributed by atoms with Gasteiger partial charge in [-0.15, -0.1) is 0 Å². The van der Waals surface area contributed by atoms with Crippen LogP contribution in [0.15, 0.2) is 78.9 Å². The van der Waals surface area contributed by atoms with E-state index in [1.807, 2.05) is 42.5 Å². The van der Waals surface area contributed by atoms with Crippen molar-refractivity contribution < 1.29 is 13.6 Å². The summed E-state index contributed by atoms with van der Waals surface area (Å²) in [7, 11) is 0. The molecule has 0 saturated heterocycles. The van der Waals surface area contributed by atoms with Gasteiger partial charge in [0.25, 0.3) is 5.91 Å². The van der Waals surface area contributed by atoms with Crippen LogP contribution in [-0.4, -0.2) is 15.5 Å². The average molecular weight is 419 g/mol. The molecule has 4 aromatic carbocycles. The number of fused-ring (bicyclic) bond motifs is 2. The van der Waals surface area contributed by atoms with Crippen molar-refractivity contribution in [1.29, 1.82) is 0 Å². The first-order chi connectivity index (χ1) is 14.5. The zero-order chi connectivity index (χ0) is 20.8. The molecule has 0 atom stereocenters. The summed E-state index contributed by atoms with van der Waals surface area (Å²) >= 11 is 6.13. The molecule has 3 nitrogen and oxygen atoms in total. The monoisotopic (exact) mass is 418 g/mol. The van der Waals surface area contributed by atoms with E-state index in [-0.39, 0.29) is 5.56 Å². The second kappa shape index (κ2) is 7.04. The number of benzene rings is 4. The number of rotatable bonds is 2. The van der Waals surface area contributed by atoms with E-state index >= 15 is 0 Å². The first-order valence-corrected chi connectivity index (χ1v) is 9.56. The fourth-order valence-electron chi connectivity index (χ4n) is 3.62. The lowest BCUT2D eigenvalue weighted by Gasteiger charge is -2.11. The van der Waals surface area contributed by atoms with E-state index in [1.54, 1.807) is 18.2 Å². The van der Waals surface area contributed by atoms with Gasteiger partial charge in [-0.25, -0.2) is 13.8 Å². The molecule has 0 N–H and O–H groups in total. The van der Waals surface area contributed by atoms with Crippen LogP contribution in [0.4, 0.5) is 8.78 Å². The predicted octanol–water partition coefficient (Wildman–Crippen LogP) is 6.48. The van der Waals surface area contributed by atoms with Crippen LogP contribution in [0.1, 0.15) is 10.4 Å². The topological polar surface area (TPSA) is 34.9 Å². The van der Waals surface area contributed by atoms with E-state index in [0.29, 0.717) is 21.9 Å². The normalized spacial score (nSPS) is 11.3. The minimum absolute atomic E-state index is 0.0182. The lowest BCUT2D eigenvalue weighted by atomic mass is 10.0. The summed E-state index contributed by atoms with van der Waals surface area (Å²) in [6, 6.07) is 21.6. The third-order valence-corrected chi connectivity index (χ3v) is 5.25. The van der Waals surface area contributed by atoms with Crippen molar-refractivity contribution in [2.45, 2.75) is 0 Å². The average Bonchev–Trinajstić information content (AvgIpc) is 3.13. The Balaban J connectivity index is 1.82. The fourth-order valence-corrected chi connectivity index (χ4v) is 3.78. The van der Waals surface area contributed by atoms with Crippen molar-refractivity contribution in [3.63, 3.8) is 0 Å². The number of halogens is 3. The highest BCUT2D eigenvalue weighted by molar-refractivity contribution is 6.31. The second-order valence-electron chi connectivity index (χ2n) is 6.86. The second-order valence-corrected chi connectivity index (χ2v) is 7.30. The highest BCUT2D eigenvalue weighted by Crippen LogP contribution is 2.32. The molecule has 0 aliphatic rings. The van der Waals surface area contributed by atoms with Crippen molar-refractivity contribution in [1.82, 2.24) is 9.55 Å². The quantitative estimate of drug-likeness (QED) is 0.329. The van der Waals surface area contributed by atoms with Gasteiger partial charge in [-0.2, -0.15) is 0 Å². The van der Waals surface area contributed by atoms with Gasteiger partial charge in [-0.3, -0.25) is 9.36 Å². The van der Waals surface area contributed by atoms with E-state index < -0.39 is 17.5 Å². The molecule has 146 valence electrons. The van der Waals surface area contributed by atoms with E-state index in [9.17, 15) is 13.6 Å². The number of aromatic nitrogens is 2. The summed E-state index contributed by atoms with van der Waals surface area (Å²) in [4.78, 5) is 18.1. The molecule has 30 heavy (non-hydrogen) atoms. The molecule has 0 unspecified atom stereocenters. The summed E-state index contributed by atoms with van der Waals surface area (Å²) in [6.07, 6.45) is 0. The van der Waals surface area contributed by atoms with Gasteiger partial charge in [0.15, 0.2) is 11.6 Å². The van der Waals surface area contributed by atoms with Crippen LogP contribution >= 0.6 is 11.6 Å². The maximum absolute atomic E-state index is 13.8. The SMILES string of the molecule is O=C(c1ccc(F)c(F)c1)n1c(-c2cccc3ccccc23)nc2cc(Cl)ccc21. The molecule has 0 bridgehead atoms. The van der Waals surface area contributed by atoms with Gasteiger partial charge >= 0.3 is 0 Å². The lowest BCUT2D eigenvalue weighted by Crippen LogP contribution is -2.14. The molecule has 6 heteroatoms. The molecule has 5 aromatic rings. The number of carbonyl (C=O) groups excluding carboxylic acids is 1. The van der Waals surface area contributed by atoms with Crippen LogP contribution in [-0.2, 0) is 0 Å². The lowest BCUT2D eigenvalue weighted by molar-refractivity contribution is 0.0965. The first-order valence-electron chi connectivity index (χ1n) is 9.19. The smallest absolute Gasteiger partial charge is 0.264 e. The molecular formula is C24H13ClF2N2O. The highest BCUT2D eigenvalue weighted by Gasteiger charge is 2.22. The van der Waals surface area contributed by atoms with Crippen LogP contribution in [0.25, 0.3) is 33.2 Å². The van der Waals surface area contributed by atoms with Crippen molar-refractivity contribution in [2.24, 2.45) is 0 Å². The van der Waals surface area contributed by atoms with Gasteiger partial charge in [0.05, 0.1) is 11.0 Å². The van der Waals surface area contributed by atoms with Crippen molar-refractivity contribution in [3.8, 4) is 11.4 Å². The molecule has 1 aromatic heterocycles. The molecule has 5 rings (SSSR count). The highest BCUT2D eigenvalue weighted by atomic mass is 35.5. The van der Waals surface area contributed by atoms with Crippen molar-refractivity contribution >= 4 is 39.3 Å². The predicted molar refractivity (Wildman–Crippen MR) is 114 cm³/mol. The molecule has 1 heterocycles. The van der Waals surface area contributed by atoms with Crippen molar-refractivity contribution in [3.05, 3.63) is 101 Å². The van der Waals surface area contributed by atoms with Crippen LogP contribution < -0.4 is 0 Å². The number of hydrogen-bond acceptors (Lipinski definition) is 2. The zero-order valence-electron chi connectivity index (χ0n) is 15.4. The molecule has 0 saturated carbocycles. The molecule has 0 spiro atoms. The maximum Gasteiger partial charge on any atom is 0.264 e. The minimum atomic E-state index is -1.08. The van der Waals surface area contributed by atoms with E-state index in [0.717, 1.165) is 28.5 Å². The van der Waals surface area contributed by atoms with E-state index in [1.165, 1.54) is 10.6 Å². The van der Waals surface area contributed by atoms with Gasteiger partial charge in [-0.1, -0.05) is 54.1 Å². The van der Waals surface area contributed by atoms with Crippen molar-refractivity contribution in [2.75, 3.05) is 0 Å². The summed E-state index contributed by atoms with van der Waals surface area (Å²) in [5.74, 6) is -2.21. The molecule has 0 fully saturated rings. The maximum atomic E-state index is 13.8. The van der Waals surface area contributed by atoms with Gasteiger partial charge in [0.1, 0.15) is 5.82 Å². The zero-order valence-corrected chi connectivity index (χ0v) is 16.2. The Morgan fingerprint density at radius 3 is 2.50 bits per heavy atom. The standard InChI is InChI=1S/C24H13ClF2N2O/c25-16-9-11-22-21(13-16)28-23(18-7-3-5-14-4-1-2-6-17(14)18)29(22)24(30)15-8-10-19(26)20(27)12-15/h1-13H. The first kappa shape index (κ1) is 18.5. The van der Waals surface area contributed by atoms with Gasteiger partial charge in [0.2, 0.25) is 0 Å². The molecule has 0 amide bonds. The Labute approximate surface area is 175 Å². The van der Waals surface area contributed by atoms with Crippen LogP contribution in [0.5, 0.6) is 0 Å². The van der Waals surface area contributed by atoms with Crippen LogP contribution in [0.3, 0.4) is 0 Å². The Kier molecular flexibility index (Phi) is 4.33. The number of nitrogens with zero attached hydrogens (tertiary/aromatic N) is 2. The third kappa shape index (κ3) is 2.95. The summed E-state index contributed by atoms with van der Waals surface area (Å²) in [5, 5.41) is 2.39. The molecule has 0 radical (unpaired) electrons. The Morgan fingerprint density at radius 2 is 1.67 bits per heavy atom. The van der Waals surface area contributed by atoms with Gasteiger partial charge in [0, 0.05) is 16.1 Å². The largest absolute Gasteiger partial charge is 0.268 e. The number of hydrogen-bond donors (Lipinski definition) is 0. The molecule has 0 aliphatic heterocycles. The van der Waals surface area contributed by atoms with Crippen LogP contribution in [0.2, 0.25) is 5.02 Å². The summed E-state index contributed by atoms with van der Waals surface area (Å²) in [6.45, 7) is 0. The van der Waals surface area contributed by atoms with Crippen LogP contribution in [0, 0.1) is 11.6 Å². The molecule has 0 aliphatic carbocycles. The number of carbonyl (C=O) groups is 1. The Hall–Kier alpha value is -3.57. The molecular weight excluding hydrogens is 406 g/mol. The summed E-state index contributed by atoms with van der Waals surface area (Å²) in [5.41, 5.74) is 1.82. The van der Waals surface area contributed by atoms with Gasteiger partial charge < -0.3 is 0 Å². The minimum Gasteiger partial charge on any atom is -0.268 e.